The molecule has 1 aromatic heterocycles. The molecule has 0 aliphatic heterocycles. The molecule has 0 aliphatic rings. The molecule has 0 radical (unpaired) electrons. The van der Waals surface area contributed by atoms with Crippen molar-refractivity contribution in [2.45, 2.75) is 6.18 Å². The van der Waals surface area contributed by atoms with Crippen molar-refractivity contribution in [3.8, 4) is 5.69 Å². The van der Waals surface area contributed by atoms with Gasteiger partial charge in [-0.05, 0) is 6.07 Å². The molecule has 0 amide bonds. The number of halogens is 4. The lowest BCUT2D eigenvalue weighted by molar-refractivity contribution is -0.725. The predicted octanol–water partition coefficient (Wildman–Crippen LogP) is 1.31. The van der Waals surface area contributed by atoms with Gasteiger partial charge in [0, 0.05) is 12.1 Å². The van der Waals surface area contributed by atoms with Crippen LogP contribution in [0.3, 0.4) is 0 Å². The normalized spacial score (nSPS) is 11.8. The van der Waals surface area contributed by atoms with Crippen LogP contribution in [0.1, 0.15) is 5.56 Å². The number of alkyl halides is 3. The van der Waals surface area contributed by atoms with E-state index < -0.39 is 22.5 Å². The van der Waals surface area contributed by atoms with Gasteiger partial charge in [0.2, 0.25) is 5.27 Å². The highest BCUT2D eigenvalue weighted by Crippen LogP contribution is 2.34. The summed E-state index contributed by atoms with van der Waals surface area (Å²) in [6, 6.07) is 3.07. The van der Waals surface area contributed by atoms with E-state index in [1.165, 1.54) is 6.07 Å². The van der Waals surface area contributed by atoms with Gasteiger partial charge in [-0.25, -0.2) is 9.32 Å². The Kier molecular flexibility index (Phi) is 2.66. The molecule has 2 rings (SSSR count). The van der Waals surface area contributed by atoms with Crippen molar-refractivity contribution in [1.29, 1.82) is 0 Å². The van der Waals surface area contributed by atoms with E-state index in [1.807, 2.05) is 0 Å². The van der Waals surface area contributed by atoms with Crippen LogP contribution in [-0.2, 0) is 6.18 Å². The first-order valence-corrected chi connectivity index (χ1v) is 4.61. The summed E-state index contributed by atoms with van der Waals surface area (Å²) in [5.74, 6) is -0.881. The fourth-order valence-corrected chi connectivity index (χ4v) is 1.40. The third-order valence-electron chi connectivity index (χ3n) is 1.90. The van der Waals surface area contributed by atoms with Gasteiger partial charge in [-0.15, -0.1) is 0 Å². The summed E-state index contributed by atoms with van der Waals surface area (Å²) in [7, 11) is 0. The van der Waals surface area contributed by atoms with Crippen LogP contribution >= 0.6 is 11.6 Å². The standard InChI is InChI=1S/C8H3ClF3N3O2/c9-6-2-1-4(3-5(6)8(10,11)12)15-13-7(16)17-14-15/h1-3H/p+1. The Hall–Kier alpha value is -1.83. The van der Waals surface area contributed by atoms with Crippen molar-refractivity contribution < 1.29 is 22.5 Å². The summed E-state index contributed by atoms with van der Waals surface area (Å²) >= 11 is 5.43. The smallest absolute Gasteiger partial charge is 0.239 e. The lowest BCUT2D eigenvalue weighted by Gasteiger charge is -2.07. The van der Waals surface area contributed by atoms with Crippen LogP contribution < -0.4 is 10.6 Å². The van der Waals surface area contributed by atoms with Gasteiger partial charge in [0.15, 0.2) is 0 Å². The Balaban J connectivity index is 2.55. The van der Waals surface area contributed by atoms with Crippen molar-refractivity contribution in [3.05, 3.63) is 39.3 Å². The number of rotatable bonds is 1. The predicted molar refractivity (Wildman–Crippen MR) is 48.7 cm³/mol. The summed E-state index contributed by atoms with van der Waals surface area (Å²) in [4.78, 5) is 11.4. The molecule has 0 aliphatic carbocycles. The molecule has 0 spiro atoms. The molecule has 17 heavy (non-hydrogen) atoms. The van der Waals surface area contributed by atoms with E-state index in [9.17, 15) is 18.0 Å². The zero-order valence-corrected chi connectivity index (χ0v) is 8.71. The number of H-pyrrole nitrogens is 1. The number of aromatic nitrogens is 3. The van der Waals surface area contributed by atoms with E-state index in [-0.39, 0.29) is 5.69 Å². The maximum atomic E-state index is 12.5. The second-order valence-corrected chi connectivity index (χ2v) is 3.45. The molecule has 1 aromatic carbocycles. The SMILES string of the molecule is O=c1[nH][n+](-c2ccc(Cl)c(C(F)(F)F)c2)no1. The molecule has 0 fully saturated rings. The maximum absolute atomic E-state index is 12.5. The van der Waals surface area contributed by atoms with Crippen LogP contribution in [-0.4, -0.2) is 10.4 Å². The molecule has 0 saturated carbocycles. The number of benzene rings is 1. The molecule has 1 N–H and O–H groups in total. The summed E-state index contributed by atoms with van der Waals surface area (Å²) in [6.45, 7) is 0. The van der Waals surface area contributed by atoms with Crippen molar-refractivity contribution >= 4 is 11.6 Å². The zero-order valence-electron chi connectivity index (χ0n) is 7.95. The molecule has 0 bridgehead atoms. The molecule has 2 aromatic rings. The van der Waals surface area contributed by atoms with Crippen LogP contribution in [0, 0.1) is 0 Å². The van der Waals surface area contributed by atoms with Gasteiger partial charge in [-0.1, -0.05) is 16.7 Å². The van der Waals surface area contributed by atoms with Gasteiger partial charge in [0.1, 0.15) is 0 Å². The second-order valence-electron chi connectivity index (χ2n) is 3.05. The zero-order chi connectivity index (χ0) is 12.6. The van der Waals surface area contributed by atoms with Crippen LogP contribution in [0.5, 0.6) is 0 Å². The quantitative estimate of drug-likeness (QED) is 0.792. The minimum absolute atomic E-state index is 0.0208. The Morgan fingerprint density at radius 2 is 2.12 bits per heavy atom. The fraction of sp³-hybridized carbons (Fsp3) is 0.125. The average molecular weight is 267 g/mol. The van der Waals surface area contributed by atoms with E-state index in [2.05, 4.69) is 14.9 Å². The van der Waals surface area contributed by atoms with Crippen molar-refractivity contribution in [2.75, 3.05) is 0 Å². The fourth-order valence-electron chi connectivity index (χ4n) is 1.18. The maximum Gasteiger partial charge on any atom is 0.493 e. The monoisotopic (exact) mass is 266 g/mol. The summed E-state index contributed by atoms with van der Waals surface area (Å²) in [5, 5.41) is 4.83. The largest absolute Gasteiger partial charge is 0.493 e. The average Bonchev–Trinajstić information content (AvgIpc) is 2.64. The van der Waals surface area contributed by atoms with Crippen molar-refractivity contribution in [3.63, 3.8) is 0 Å². The van der Waals surface area contributed by atoms with E-state index in [4.69, 9.17) is 11.6 Å². The van der Waals surface area contributed by atoms with Crippen LogP contribution in [0.4, 0.5) is 13.2 Å². The molecule has 90 valence electrons. The minimum atomic E-state index is -4.59. The molecule has 1 heterocycles. The number of nitrogens with zero attached hydrogens (tertiary/aromatic N) is 2. The highest BCUT2D eigenvalue weighted by molar-refractivity contribution is 6.31. The van der Waals surface area contributed by atoms with Gasteiger partial charge in [-0.2, -0.15) is 13.2 Å². The van der Waals surface area contributed by atoms with E-state index >= 15 is 0 Å². The third kappa shape index (κ3) is 2.31. The second kappa shape index (κ2) is 3.88. The Labute approximate surface area is 96.4 Å². The lowest BCUT2D eigenvalue weighted by Crippen LogP contribution is -2.37. The van der Waals surface area contributed by atoms with Crippen LogP contribution in [0.2, 0.25) is 5.02 Å². The van der Waals surface area contributed by atoms with E-state index in [1.54, 1.807) is 0 Å². The third-order valence-corrected chi connectivity index (χ3v) is 2.23. The topological polar surface area (TPSA) is 62.8 Å². The molecular formula is C8H4ClF3N3O2+. The van der Waals surface area contributed by atoms with Gasteiger partial charge in [0.05, 0.1) is 15.4 Å². The van der Waals surface area contributed by atoms with Gasteiger partial charge < -0.3 is 0 Å². The molecule has 5 nitrogen and oxygen atoms in total. The van der Waals surface area contributed by atoms with Crippen LogP contribution in [0.15, 0.2) is 27.5 Å². The lowest BCUT2D eigenvalue weighted by atomic mass is 10.2. The Morgan fingerprint density at radius 1 is 1.41 bits per heavy atom. The van der Waals surface area contributed by atoms with E-state index in [0.717, 1.165) is 16.9 Å². The first-order valence-electron chi connectivity index (χ1n) is 4.23. The Bertz CT molecular complexity index is 605. The summed E-state index contributed by atoms with van der Waals surface area (Å²) in [5.41, 5.74) is -1.04. The van der Waals surface area contributed by atoms with E-state index in [0.29, 0.717) is 0 Å². The highest BCUT2D eigenvalue weighted by atomic mass is 35.5. The number of aromatic amines is 1. The van der Waals surface area contributed by atoms with Crippen LogP contribution in [0.25, 0.3) is 5.69 Å². The first kappa shape index (κ1) is 11.6. The first-order chi connectivity index (χ1) is 7.88. The van der Waals surface area contributed by atoms with Crippen molar-refractivity contribution in [2.24, 2.45) is 0 Å². The van der Waals surface area contributed by atoms with Gasteiger partial charge in [-0.3, -0.25) is 0 Å². The van der Waals surface area contributed by atoms with Gasteiger partial charge in [0.25, 0.3) is 5.69 Å². The number of hydrogen-bond acceptors (Lipinski definition) is 3. The molecular weight excluding hydrogens is 263 g/mol. The Morgan fingerprint density at radius 3 is 2.65 bits per heavy atom. The minimum Gasteiger partial charge on any atom is -0.239 e. The molecule has 9 heteroatoms. The van der Waals surface area contributed by atoms with Gasteiger partial charge >= 0.3 is 11.9 Å². The summed E-state index contributed by atoms with van der Waals surface area (Å²) < 4.78 is 41.8. The number of hydrogen-bond donors (Lipinski definition) is 1. The highest BCUT2D eigenvalue weighted by Gasteiger charge is 2.35. The molecule has 0 saturated heterocycles. The van der Waals surface area contributed by atoms with Crippen molar-refractivity contribution in [1.82, 2.24) is 10.4 Å². The number of nitrogens with one attached hydrogen (secondary N) is 1. The molecule has 0 atom stereocenters. The molecule has 0 unspecified atom stereocenters. The summed E-state index contributed by atoms with van der Waals surface area (Å²) in [6.07, 6.45) is -4.59.